The van der Waals surface area contributed by atoms with Crippen LogP contribution < -0.4 is 0 Å². The second kappa shape index (κ2) is 32.3. The minimum Gasteiger partial charge on any atom is -0.311 e. The summed E-state index contributed by atoms with van der Waals surface area (Å²) in [5.74, 6) is 0. The van der Waals surface area contributed by atoms with Gasteiger partial charge in [0.1, 0.15) is 0 Å². The summed E-state index contributed by atoms with van der Waals surface area (Å²) in [4.78, 5) is 7.28. The van der Waals surface area contributed by atoms with Crippen LogP contribution in [0.4, 0.5) is 11.4 Å². The van der Waals surface area contributed by atoms with E-state index in [-0.39, 0.29) is 0 Å². The Labute approximate surface area is 761 Å². The molecule has 0 spiro atoms. The number of aromatic nitrogens is 6. The van der Waals surface area contributed by atoms with Gasteiger partial charge in [0, 0.05) is 104 Å². The normalized spacial score (nSPS) is 11.5. The van der Waals surface area contributed by atoms with E-state index < -0.39 is 0 Å². The summed E-state index contributed by atoms with van der Waals surface area (Å²) in [6, 6.07) is 167. The van der Waals surface area contributed by atoms with E-state index >= 15 is 0 Å². The lowest BCUT2D eigenvalue weighted by molar-refractivity contribution is 1.18. The smallest absolute Gasteiger partial charge is 0.189 e. The van der Waals surface area contributed by atoms with E-state index in [1.807, 2.05) is 48.5 Å². The molecule has 0 aliphatic heterocycles. The van der Waals surface area contributed by atoms with Crippen LogP contribution in [0, 0.1) is 24.5 Å². The summed E-state index contributed by atoms with van der Waals surface area (Å²) >= 11 is 0. The molecule has 0 saturated heterocycles. The van der Waals surface area contributed by atoms with E-state index in [0.29, 0.717) is 16.9 Å². The molecule has 26 aromatic rings. The highest BCUT2D eigenvalue weighted by atomic mass is 15.0. The molecule has 0 aliphatic carbocycles. The molecule has 20 aromatic carbocycles. The minimum absolute atomic E-state index is 0.649. The molecule has 0 aliphatic rings. The molecule has 0 N–H and O–H groups in total. The zero-order chi connectivity index (χ0) is 87.9. The van der Waals surface area contributed by atoms with Gasteiger partial charge in [0.05, 0.1) is 85.5 Å². The van der Waals surface area contributed by atoms with Crippen molar-refractivity contribution in [3.63, 3.8) is 0 Å². The molecule has 0 unspecified atom stereocenters. The van der Waals surface area contributed by atoms with Gasteiger partial charge in [-0.15, -0.1) is 0 Å². The van der Waals surface area contributed by atoms with Gasteiger partial charge >= 0.3 is 0 Å². The fourth-order valence-corrected chi connectivity index (χ4v) is 20.1. The number of para-hydroxylation sites is 9. The summed E-state index contributed by atoms with van der Waals surface area (Å²) in [6.45, 7) is 14.9. The molecule has 0 bridgehead atoms. The zero-order valence-electron chi connectivity index (χ0n) is 71.5. The van der Waals surface area contributed by atoms with E-state index in [9.17, 15) is 5.26 Å². The van der Waals surface area contributed by atoms with Crippen LogP contribution in [-0.4, -0.2) is 27.4 Å². The van der Waals surface area contributed by atoms with Gasteiger partial charge in [-0.05, 0) is 238 Å². The highest BCUT2D eigenvalue weighted by Gasteiger charge is 2.22. The van der Waals surface area contributed by atoms with Crippen molar-refractivity contribution >= 4 is 142 Å². The van der Waals surface area contributed by atoms with E-state index in [2.05, 4.69) is 462 Å². The van der Waals surface area contributed by atoms with E-state index in [1.54, 1.807) is 0 Å². The van der Waals surface area contributed by atoms with Gasteiger partial charge in [0.15, 0.2) is 11.4 Å². The van der Waals surface area contributed by atoms with Crippen LogP contribution in [0.5, 0.6) is 0 Å². The molecule has 9 heteroatoms. The van der Waals surface area contributed by atoms with Crippen molar-refractivity contribution in [1.82, 2.24) is 27.4 Å². The summed E-state index contributed by atoms with van der Waals surface area (Å²) in [5, 5.41) is 24.3. The number of benzene rings is 20. The predicted molar refractivity (Wildman–Crippen MR) is 550 cm³/mol. The molecule has 0 fully saturated rings. The zero-order valence-corrected chi connectivity index (χ0v) is 71.5. The molecule has 6 heterocycles. The topological polar surface area (TPSA) is 62.1 Å². The highest BCUT2D eigenvalue weighted by molar-refractivity contribution is 6.16. The Morgan fingerprint density at radius 3 is 0.750 bits per heavy atom. The van der Waals surface area contributed by atoms with Crippen LogP contribution in [0.15, 0.2) is 467 Å². The second-order valence-electron chi connectivity index (χ2n) is 33.6. The Kier molecular flexibility index (Phi) is 18.9. The van der Waals surface area contributed by atoms with E-state index in [4.69, 9.17) is 13.1 Å². The Balaban J connectivity index is 0.000000110. The van der Waals surface area contributed by atoms with Crippen LogP contribution >= 0.6 is 0 Å². The van der Waals surface area contributed by atoms with Gasteiger partial charge in [0.2, 0.25) is 0 Å². The molecule has 0 radical (unpaired) electrons. The molecular formula is C123H77N9. The Morgan fingerprint density at radius 1 is 0.159 bits per heavy atom. The molecule has 6 aromatic heterocycles. The van der Waals surface area contributed by atoms with Crippen molar-refractivity contribution in [2.75, 3.05) is 0 Å². The van der Waals surface area contributed by atoms with Crippen LogP contribution in [0.1, 0.15) is 5.56 Å². The molecule has 0 atom stereocenters. The maximum absolute atomic E-state index is 9.43. The molecule has 9 nitrogen and oxygen atoms in total. The molecule has 132 heavy (non-hydrogen) atoms. The third-order valence-corrected chi connectivity index (χ3v) is 26.2. The molecule has 26 rings (SSSR count). The second-order valence-corrected chi connectivity index (χ2v) is 33.6. The highest BCUT2D eigenvalue weighted by Crippen LogP contribution is 2.44. The Bertz CT molecular complexity index is 9120. The van der Waals surface area contributed by atoms with Crippen molar-refractivity contribution in [2.45, 2.75) is 0 Å². The summed E-state index contributed by atoms with van der Waals surface area (Å²) < 4.78 is 14.0. The Morgan fingerprint density at radius 2 is 0.402 bits per heavy atom. The van der Waals surface area contributed by atoms with Crippen LogP contribution in [0.2, 0.25) is 0 Å². The monoisotopic (exact) mass is 1680 g/mol. The van der Waals surface area contributed by atoms with Gasteiger partial charge in [-0.25, -0.2) is 9.69 Å². The fraction of sp³-hybridized carbons (Fsp3) is 0. The summed E-state index contributed by atoms with van der Waals surface area (Å²) in [5.41, 5.74) is 34.3. The maximum Gasteiger partial charge on any atom is 0.189 e. The van der Waals surface area contributed by atoms with Crippen molar-refractivity contribution in [3.05, 3.63) is 496 Å². The molecule has 0 amide bonds. The lowest BCUT2D eigenvalue weighted by Gasteiger charge is -2.11. The van der Waals surface area contributed by atoms with Crippen molar-refractivity contribution in [3.8, 4) is 95.8 Å². The summed E-state index contributed by atoms with van der Waals surface area (Å²) in [6.07, 6.45) is 0. The lowest BCUT2D eigenvalue weighted by atomic mass is 10.0. The van der Waals surface area contributed by atoms with Gasteiger partial charge in [-0.1, -0.05) is 285 Å². The third kappa shape index (κ3) is 13.2. The number of nitriles is 1. The number of fused-ring (bicyclic) bond motifs is 18. The first-order chi connectivity index (χ1) is 65.3. The van der Waals surface area contributed by atoms with Crippen LogP contribution in [0.25, 0.3) is 230 Å². The third-order valence-electron chi connectivity index (χ3n) is 26.2. The lowest BCUT2D eigenvalue weighted by Crippen LogP contribution is -1.94. The predicted octanol–water partition coefficient (Wildman–Crippen LogP) is 33.0. The number of rotatable bonds is 11. The first-order valence-corrected chi connectivity index (χ1v) is 44.4. The number of hydrogen-bond acceptors (Lipinski definition) is 1. The van der Waals surface area contributed by atoms with E-state index in [0.717, 1.165) is 72.6 Å². The van der Waals surface area contributed by atoms with Crippen molar-refractivity contribution in [1.29, 1.82) is 5.26 Å². The van der Waals surface area contributed by atoms with Crippen molar-refractivity contribution in [2.24, 2.45) is 0 Å². The van der Waals surface area contributed by atoms with Gasteiger partial charge < -0.3 is 27.4 Å². The van der Waals surface area contributed by atoms with Gasteiger partial charge in [0.25, 0.3) is 0 Å². The van der Waals surface area contributed by atoms with E-state index in [1.165, 1.54) is 148 Å². The largest absolute Gasteiger partial charge is 0.311 e. The average molecular weight is 1680 g/mol. The fourth-order valence-electron chi connectivity index (χ4n) is 20.1. The number of nitrogens with zero attached hydrogens (tertiary/aromatic N) is 9. The molecular weight excluding hydrogens is 1600 g/mol. The average Bonchev–Trinajstić information content (AvgIpc) is 1.54. The first kappa shape index (κ1) is 77.3. The number of hydrogen-bond donors (Lipinski definition) is 0. The van der Waals surface area contributed by atoms with Crippen molar-refractivity contribution < 1.29 is 0 Å². The molecule has 0 saturated carbocycles. The minimum atomic E-state index is 0.649. The van der Waals surface area contributed by atoms with Gasteiger partial charge in [-0.3, -0.25) is 0 Å². The molecule has 614 valence electrons. The SMILES string of the molecule is N#Cc1cccc(-c2cccc(-n3c4ccccc4c4cc(-c5ccc(-n6c7ccccc7c7ccccc76)cc5)ccc43)c2)c1.[C-]#[N+]c1ccc2c3ccccc3n(-c3ccc(-c4ccc5c(c4)c4ccccc4n5-c4ccccc4)cc3)c2c1.[C-]#[N+]c1cccc(-c2ccc(-n3c4ccccc4c4cc(-c5ccc(-n6c7ccccc7c7ccccc76)cc5)ccc43)cc2)c1. The first-order valence-electron chi connectivity index (χ1n) is 44.4. The van der Waals surface area contributed by atoms with Gasteiger partial charge in [-0.2, -0.15) is 5.26 Å². The Hall–Kier alpha value is -18.3. The maximum atomic E-state index is 9.43. The van der Waals surface area contributed by atoms with Crippen LogP contribution in [-0.2, 0) is 0 Å². The van der Waals surface area contributed by atoms with Crippen LogP contribution in [0.3, 0.4) is 0 Å². The summed E-state index contributed by atoms with van der Waals surface area (Å²) in [7, 11) is 0. The standard InChI is InChI=1S/2C43H27N3.C37H23N3/c1-44-33-10-8-9-31(27-33)29-17-22-35(23-18-29)46-42-16-7-4-13-38(42)39-28-32(21-26-43(39)46)30-19-24-34(25-20-30)45-40-14-5-2-11-36(40)37-12-3-6-15-41(37)45;44-28-29-9-7-10-31(25-29)32-11-8-12-35(26-32)46-42-18-6-3-15-38(42)39-27-33(21-24-43(39)46)30-19-22-34(23-20-30)45-40-16-4-1-13-36(40)37-14-2-5-17-41(37)45;1-38-27-18-21-32-30-11-5-7-13-34(30)40(37(32)24-27)29-19-15-25(16-20-29)26-17-22-36-33(23-26)31-12-6-8-14-35(31)39(36)28-9-3-2-4-10-28/h2-28H;1-27H;2-24H. The quantitative estimate of drug-likeness (QED) is 0.119.